The highest BCUT2D eigenvalue weighted by molar-refractivity contribution is 4.82. The molecule has 1 aromatic heterocycles. The van der Waals surface area contributed by atoms with E-state index in [-0.39, 0.29) is 5.54 Å². The maximum Gasteiger partial charge on any atom is 0.138 e. The van der Waals surface area contributed by atoms with E-state index in [4.69, 9.17) is 0 Å². The van der Waals surface area contributed by atoms with E-state index < -0.39 is 0 Å². The van der Waals surface area contributed by atoms with Crippen LogP contribution in [0.1, 0.15) is 130 Å². The number of rotatable bonds is 18. The van der Waals surface area contributed by atoms with Gasteiger partial charge in [-0.25, -0.2) is 4.68 Å². The summed E-state index contributed by atoms with van der Waals surface area (Å²) < 4.78 is 2.00. The van der Waals surface area contributed by atoms with Crippen molar-refractivity contribution in [3.05, 3.63) is 6.33 Å². The summed E-state index contributed by atoms with van der Waals surface area (Å²) in [4.78, 5) is 0. The lowest BCUT2D eigenvalue weighted by molar-refractivity contribution is 0.203. The highest BCUT2D eigenvalue weighted by atomic mass is 15.5. The van der Waals surface area contributed by atoms with Crippen LogP contribution in [0.5, 0.6) is 0 Å². The van der Waals surface area contributed by atoms with Gasteiger partial charge >= 0.3 is 0 Å². The number of tetrazole rings is 1. The van der Waals surface area contributed by atoms with E-state index in [2.05, 4.69) is 36.3 Å². The summed E-state index contributed by atoms with van der Waals surface area (Å²) in [6, 6.07) is 0. The van der Waals surface area contributed by atoms with Crippen LogP contribution in [0.15, 0.2) is 6.33 Å². The van der Waals surface area contributed by atoms with Crippen molar-refractivity contribution in [2.45, 2.75) is 135 Å². The summed E-state index contributed by atoms with van der Waals surface area (Å²) in [6.07, 6.45) is 25.0. The molecule has 0 saturated heterocycles. The average Bonchev–Trinajstić information content (AvgIpc) is 3.21. The molecule has 0 aliphatic carbocycles. The molecular weight excluding hydrogens is 320 g/mol. The fraction of sp³-hybridized carbons (Fsp3) is 0.955. The zero-order valence-corrected chi connectivity index (χ0v) is 17.9. The molecule has 1 aromatic rings. The van der Waals surface area contributed by atoms with E-state index in [0.29, 0.717) is 0 Å². The molecule has 0 spiro atoms. The fourth-order valence-electron chi connectivity index (χ4n) is 4.07. The van der Waals surface area contributed by atoms with Crippen LogP contribution in [0.2, 0.25) is 0 Å². The van der Waals surface area contributed by atoms with Gasteiger partial charge in [0.1, 0.15) is 6.33 Å². The average molecular weight is 365 g/mol. The van der Waals surface area contributed by atoms with Gasteiger partial charge in [0.15, 0.2) is 0 Å². The van der Waals surface area contributed by atoms with E-state index in [1.807, 2.05) is 4.68 Å². The van der Waals surface area contributed by atoms with Gasteiger partial charge in [-0.1, -0.05) is 111 Å². The maximum atomic E-state index is 4.17. The van der Waals surface area contributed by atoms with Crippen molar-refractivity contribution in [3.63, 3.8) is 0 Å². The van der Waals surface area contributed by atoms with Crippen molar-refractivity contribution in [1.29, 1.82) is 0 Å². The van der Waals surface area contributed by atoms with Gasteiger partial charge in [0, 0.05) is 0 Å². The summed E-state index contributed by atoms with van der Waals surface area (Å²) in [7, 11) is 0. The van der Waals surface area contributed by atoms with Gasteiger partial charge in [-0.2, -0.15) is 0 Å². The third-order valence-corrected chi connectivity index (χ3v) is 6.15. The number of unbranched alkanes of at least 4 members (excludes halogenated alkanes) is 13. The molecule has 0 atom stereocenters. The minimum absolute atomic E-state index is 0.126. The van der Waals surface area contributed by atoms with Crippen LogP contribution in [0.3, 0.4) is 0 Å². The van der Waals surface area contributed by atoms with Crippen LogP contribution in [0.4, 0.5) is 0 Å². The van der Waals surface area contributed by atoms with Gasteiger partial charge in [0.25, 0.3) is 0 Å². The molecule has 0 aliphatic rings. The molecule has 0 aromatic carbocycles. The molecule has 0 amide bonds. The molecule has 0 aliphatic heterocycles. The second-order valence-electron chi connectivity index (χ2n) is 8.03. The highest BCUT2D eigenvalue weighted by Gasteiger charge is 2.28. The second-order valence-corrected chi connectivity index (χ2v) is 8.03. The topological polar surface area (TPSA) is 43.6 Å². The first-order valence-corrected chi connectivity index (χ1v) is 11.5. The lowest BCUT2D eigenvalue weighted by Crippen LogP contribution is -2.33. The molecule has 4 nitrogen and oxygen atoms in total. The van der Waals surface area contributed by atoms with E-state index in [9.17, 15) is 0 Å². The Balaban J connectivity index is 1.96. The number of aromatic nitrogens is 4. The standard InChI is InChI=1S/C22H44N4/c1-4-7-8-9-10-11-12-13-14-15-16-17-18-19-20-22(5-2,6-3)26-21-23-24-25-26/h21H,4-20H2,1-3H3. The zero-order valence-electron chi connectivity index (χ0n) is 17.9. The molecule has 152 valence electrons. The molecule has 26 heavy (non-hydrogen) atoms. The monoisotopic (exact) mass is 364 g/mol. The number of nitrogens with zero attached hydrogens (tertiary/aromatic N) is 4. The molecule has 0 fully saturated rings. The quantitative estimate of drug-likeness (QED) is 0.262. The Hall–Kier alpha value is -0.930. The normalized spacial score (nSPS) is 12.0. The predicted octanol–water partition coefficient (Wildman–Crippen LogP) is 7.06. The van der Waals surface area contributed by atoms with Crippen molar-refractivity contribution >= 4 is 0 Å². The molecule has 0 saturated carbocycles. The molecular formula is C22H44N4. The molecule has 4 heteroatoms. The highest BCUT2D eigenvalue weighted by Crippen LogP contribution is 2.30. The molecule has 0 N–H and O–H groups in total. The molecule has 0 unspecified atom stereocenters. The minimum Gasteiger partial charge on any atom is -0.226 e. The van der Waals surface area contributed by atoms with Gasteiger partial charge in [-0.15, -0.1) is 5.10 Å². The summed E-state index contributed by atoms with van der Waals surface area (Å²) in [6.45, 7) is 6.81. The Labute approximate surface area is 162 Å². The van der Waals surface area contributed by atoms with Crippen LogP contribution in [-0.2, 0) is 5.54 Å². The Bertz CT molecular complexity index is 398. The fourth-order valence-corrected chi connectivity index (χ4v) is 4.07. The Morgan fingerprint density at radius 2 is 1.12 bits per heavy atom. The molecule has 1 heterocycles. The summed E-state index contributed by atoms with van der Waals surface area (Å²) >= 11 is 0. The zero-order chi connectivity index (χ0) is 18.9. The minimum atomic E-state index is 0.126. The maximum absolute atomic E-state index is 4.17. The lowest BCUT2D eigenvalue weighted by Gasteiger charge is -2.31. The summed E-state index contributed by atoms with van der Waals surface area (Å²) in [5.41, 5.74) is 0.126. The first-order chi connectivity index (χ1) is 12.8. The number of hydrogen-bond acceptors (Lipinski definition) is 3. The SMILES string of the molecule is CCCCCCCCCCCCCCCCC(CC)(CC)n1cnnn1. The predicted molar refractivity (Wildman–Crippen MR) is 111 cm³/mol. The molecule has 0 radical (unpaired) electrons. The number of hydrogen-bond donors (Lipinski definition) is 0. The largest absolute Gasteiger partial charge is 0.226 e. The third kappa shape index (κ3) is 9.14. The van der Waals surface area contributed by atoms with Crippen molar-refractivity contribution in [2.75, 3.05) is 0 Å². The van der Waals surface area contributed by atoms with Gasteiger partial charge in [0.2, 0.25) is 0 Å². The van der Waals surface area contributed by atoms with Gasteiger partial charge in [-0.05, 0) is 29.7 Å². The molecule has 0 bridgehead atoms. The smallest absolute Gasteiger partial charge is 0.138 e. The van der Waals surface area contributed by atoms with Crippen LogP contribution in [0, 0.1) is 0 Å². The summed E-state index contributed by atoms with van der Waals surface area (Å²) in [5.74, 6) is 0. The van der Waals surface area contributed by atoms with Crippen molar-refractivity contribution in [2.24, 2.45) is 0 Å². The van der Waals surface area contributed by atoms with E-state index >= 15 is 0 Å². The lowest BCUT2D eigenvalue weighted by atomic mass is 9.87. The Morgan fingerprint density at radius 3 is 1.50 bits per heavy atom. The van der Waals surface area contributed by atoms with Gasteiger partial charge in [0.05, 0.1) is 5.54 Å². The Morgan fingerprint density at radius 1 is 0.654 bits per heavy atom. The first-order valence-electron chi connectivity index (χ1n) is 11.5. The van der Waals surface area contributed by atoms with E-state index in [0.717, 1.165) is 12.8 Å². The van der Waals surface area contributed by atoms with Gasteiger partial charge < -0.3 is 0 Å². The van der Waals surface area contributed by atoms with Crippen molar-refractivity contribution < 1.29 is 0 Å². The van der Waals surface area contributed by atoms with Crippen LogP contribution < -0.4 is 0 Å². The van der Waals surface area contributed by atoms with Gasteiger partial charge in [-0.3, -0.25) is 0 Å². The van der Waals surface area contributed by atoms with E-state index in [1.54, 1.807) is 6.33 Å². The second kappa shape index (κ2) is 15.2. The van der Waals surface area contributed by atoms with Crippen LogP contribution in [-0.4, -0.2) is 20.2 Å². The third-order valence-electron chi connectivity index (χ3n) is 6.15. The van der Waals surface area contributed by atoms with Crippen molar-refractivity contribution in [1.82, 2.24) is 20.2 Å². The van der Waals surface area contributed by atoms with Crippen LogP contribution in [0.25, 0.3) is 0 Å². The first kappa shape index (κ1) is 23.1. The van der Waals surface area contributed by atoms with Crippen LogP contribution >= 0.6 is 0 Å². The Kier molecular flexibility index (Phi) is 13.5. The summed E-state index contributed by atoms with van der Waals surface area (Å²) in [5, 5.41) is 11.8. The van der Waals surface area contributed by atoms with E-state index in [1.165, 1.54) is 96.3 Å². The molecule has 1 rings (SSSR count). The van der Waals surface area contributed by atoms with Crippen molar-refractivity contribution in [3.8, 4) is 0 Å².